The molecule has 1 saturated heterocycles. The molecule has 2 fully saturated rings. The van der Waals surface area contributed by atoms with Crippen molar-refractivity contribution in [2.45, 2.75) is 50.7 Å². The summed E-state index contributed by atoms with van der Waals surface area (Å²) in [6, 6.07) is 1.38. The average Bonchev–Trinajstić information content (AvgIpc) is 2.95. The lowest BCUT2D eigenvalue weighted by Gasteiger charge is -2.24. The van der Waals surface area contributed by atoms with Crippen molar-refractivity contribution >= 4 is 11.3 Å². The zero-order valence-electron chi connectivity index (χ0n) is 10.6. The van der Waals surface area contributed by atoms with Crippen LogP contribution in [0.1, 0.15) is 37.8 Å². The van der Waals surface area contributed by atoms with Gasteiger partial charge in [-0.1, -0.05) is 24.2 Å². The Bertz CT molecular complexity index is 427. The fourth-order valence-corrected chi connectivity index (χ4v) is 3.95. The first-order chi connectivity index (χ1) is 8.81. The summed E-state index contributed by atoms with van der Waals surface area (Å²) in [5, 5.41) is 9.09. The van der Waals surface area contributed by atoms with Crippen LogP contribution >= 0.6 is 11.3 Å². The second-order valence-corrected chi connectivity index (χ2v) is 6.40. The highest BCUT2D eigenvalue weighted by Crippen LogP contribution is 2.32. The molecule has 3 N–H and O–H groups in total. The monoisotopic (exact) mass is 267 g/mol. The molecule has 5 heteroatoms. The van der Waals surface area contributed by atoms with Gasteiger partial charge in [-0.2, -0.15) is 0 Å². The summed E-state index contributed by atoms with van der Waals surface area (Å²) in [6.07, 6.45) is 6.90. The molecular formula is C13H21N3OS. The highest BCUT2D eigenvalue weighted by atomic mass is 32.1. The van der Waals surface area contributed by atoms with Crippen molar-refractivity contribution in [2.75, 3.05) is 6.54 Å². The van der Waals surface area contributed by atoms with Crippen LogP contribution in [-0.2, 0) is 6.54 Å². The van der Waals surface area contributed by atoms with Gasteiger partial charge in [0.2, 0.25) is 0 Å². The normalized spacial score (nSPS) is 31.4. The molecule has 18 heavy (non-hydrogen) atoms. The fourth-order valence-electron chi connectivity index (χ4n) is 3.37. The van der Waals surface area contributed by atoms with Gasteiger partial charge in [0.05, 0.1) is 0 Å². The molecule has 1 aliphatic heterocycles. The minimum absolute atomic E-state index is 0.0387. The van der Waals surface area contributed by atoms with E-state index in [4.69, 9.17) is 0 Å². The molecule has 2 aliphatic rings. The number of hydrogen-bond acceptors (Lipinski definition) is 4. The maximum Gasteiger partial charge on any atom is 0.304 e. The van der Waals surface area contributed by atoms with Gasteiger partial charge in [0, 0.05) is 36.2 Å². The molecule has 0 aromatic carbocycles. The number of H-pyrrole nitrogens is 1. The maximum absolute atomic E-state index is 11.0. The van der Waals surface area contributed by atoms with E-state index in [1.165, 1.54) is 43.4 Å². The Balaban J connectivity index is 1.43. The zero-order valence-corrected chi connectivity index (χ0v) is 11.4. The number of aromatic nitrogens is 1. The van der Waals surface area contributed by atoms with Crippen LogP contribution in [0.2, 0.25) is 0 Å². The standard InChI is InChI=1S/C13H21N3OS/c17-13-16-11(8-18-13)7-14-6-10-5-9-3-1-2-4-12(9)15-10/h8-10,12,14-15H,1-7H2,(H,16,17). The molecule has 1 saturated carbocycles. The van der Waals surface area contributed by atoms with E-state index in [-0.39, 0.29) is 4.87 Å². The molecule has 2 heterocycles. The van der Waals surface area contributed by atoms with Gasteiger partial charge >= 0.3 is 4.87 Å². The third-order valence-corrected chi connectivity index (χ3v) is 4.94. The Morgan fingerprint density at radius 1 is 1.39 bits per heavy atom. The second kappa shape index (κ2) is 5.55. The van der Waals surface area contributed by atoms with Gasteiger partial charge in [-0.25, -0.2) is 0 Å². The lowest BCUT2D eigenvalue weighted by atomic mass is 9.85. The van der Waals surface area contributed by atoms with Crippen LogP contribution in [0.4, 0.5) is 0 Å². The predicted octanol–water partition coefficient (Wildman–Crippen LogP) is 1.45. The van der Waals surface area contributed by atoms with Crippen LogP contribution in [-0.4, -0.2) is 23.6 Å². The van der Waals surface area contributed by atoms with Crippen molar-refractivity contribution in [3.63, 3.8) is 0 Å². The molecular weight excluding hydrogens is 246 g/mol. The summed E-state index contributed by atoms with van der Waals surface area (Å²) >= 11 is 1.24. The fraction of sp³-hybridized carbons (Fsp3) is 0.769. The first kappa shape index (κ1) is 12.4. The van der Waals surface area contributed by atoms with E-state index in [1.54, 1.807) is 0 Å². The van der Waals surface area contributed by atoms with Crippen LogP contribution < -0.4 is 15.5 Å². The van der Waals surface area contributed by atoms with Crippen molar-refractivity contribution in [3.8, 4) is 0 Å². The van der Waals surface area contributed by atoms with Crippen LogP contribution in [0, 0.1) is 5.92 Å². The Labute approximate surface area is 111 Å². The SMILES string of the molecule is O=c1[nH]c(CNCC2CC3CCCCC3N2)cs1. The number of fused-ring (bicyclic) bond motifs is 1. The number of hydrogen-bond donors (Lipinski definition) is 3. The van der Waals surface area contributed by atoms with E-state index in [9.17, 15) is 4.79 Å². The van der Waals surface area contributed by atoms with Gasteiger partial charge in [-0.15, -0.1) is 0 Å². The first-order valence-electron chi connectivity index (χ1n) is 6.95. The van der Waals surface area contributed by atoms with Crippen molar-refractivity contribution in [1.29, 1.82) is 0 Å². The largest absolute Gasteiger partial charge is 0.315 e. The Morgan fingerprint density at radius 2 is 2.28 bits per heavy atom. The number of thiazole rings is 1. The van der Waals surface area contributed by atoms with Gasteiger partial charge in [0.25, 0.3) is 0 Å². The Kier molecular flexibility index (Phi) is 3.82. The Morgan fingerprint density at radius 3 is 3.06 bits per heavy atom. The van der Waals surface area contributed by atoms with Gasteiger partial charge < -0.3 is 15.6 Å². The summed E-state index contributed by atoms with van der Waals surface area (Å²) in [4.78, 5) is 13.9. The molecule has 0 spiro atoms. The molecule has 1 aromatic rings. The second-order valence-electron chi connectivity index (χ2n) is 5.55. The Hall–Kier alpha value is -0.650. The molecule has 0 amide bonds. The van der Waals surface area contributed by atoms with Crippen LogP contribution in [0.15, 0.2) is 10.2 Å². The topological polar surface area (TPSA) is 56.9 Å². The van der Waals surface area contributed by atoms with Gasteiger partial charge in [-0.05, 0) is 25.2 Å². The van der Waals surface area contributed by atoms with Crippen molar-refractivity contribution in [2.24, 2.45) is 5.92 Å². The van der Waals surface area contributed by atoms with Crippen LogP contribution in [0.3, 0.4) is 0 Å². The van der Waals surface area contributed by atoms with Crippen molar-refractivity contribution in [1.82, 2.24) is 15.6 Å². The van der Waals surface area contributed by atoms with Crippen molar-refractivity contribution < 1.29 is 0 Å². The van der Waals surface area contributed by atoms with E-state index >= 15 is 0 Å². The minimum atomic E-state index is 0.0387. The lowest BCUT2D eigenvalue weighted by molar-refractivity contribution is 0.325. The van der Waals surface area contributed by atoms with Gasteiger partial charge in [0.15, 0.2) is 0 Å². The van der Waals surface area contributed by atoms with E-state index in [2.05, 4.69) is 15.6 Å². The summed E-state index contributed by atoms with van der Waals surface area (Å²) in [5.41, 5.74) is 1.00. The summed E-state index contributed by atoms with van der Waals surface area (Å²) in [7, 11) is 0. The quantitative estimate of drug-likeness (QED) is 0.774. The smallest absolute Gasteiger partial charge is 0.304 e. The molecule has 3 atom stereocenters. The summed E-state index contributed by atoms with van der Waals surface area (Å²) < 4.78 is 0. The molecule has 1 aliphatic carbocycles. The molecule has 1 aromatic heterocycles. The average molecular weight is 267 g/mol. The molecule has 3 unspecified atom stereocenters. The summed E-state index contributed by atoms with van der Waals surface area (Å²) in [6.45, 7) is 1.77. The third-order valence-electron chi connectivity index (χ3n) is 4.22. The van der Waals surface area contributed by atoms with E-state index in [0.29, 0.717) is 6.04 Å². The highest BCUT2D eigenvalue weighted by Gasteiger charge is 2.34. The number of rotatable bonds is 4. The molecule has 0 radical (unpaired) electrons. The van der Waals surface area contributed by atoms with E-state index < -0.39 is 0 Å². The predicted molar refractivity (Wildman–Crippen MR) is 73.9 cm³/mol. The molecule has 4 nitrogen and oxygen atoms in total. The van der Waals surface area contributed by atoms with E-state index in [0.717, 1.165) is 30.7 Å². The lowest BCUT2D eigenvalue weighted by Crippen LogP contribution is -2.38. The zero-order chi connectivity index (χ0) is 12.4. The van der Waals surface area contributed by atoms with Gasteiger partial charge in [-0.3, -0.25) is 4.79 Å². The molecule has 100 valence electrons. The summed E-state index contributed by atoms with van der Waals surface area (Å²) in [5.74, 6) is 0.909. The first-order valence-corrected chi connectivity index (χ1v) is 7.82. The van der Waals surface area contributed by atoms with E-state index in [1.807, 2.05) is 5.38 Å². The molecule has 0 bridgehead atoms. The van der Waals surface area contributed by atoms with Gasteiger partial charge in [0.1, 0.15) is 0 Å². The molecule has 3 rings (SSSR count). The number of nitrogens with one attached hydrogen (secondary N) is 3. The third kappa shape index (κ3) is 2.84. The highest BCUT2D eigenvalue weighted by molar-refractivity contribution is 7.07. The van der Waals surface area contributed by atoms with Crippen LogP contribution in [0.5, 0.6) is 0 Å². The number of aromatic amines is 1. The van der Waals surface area contributed by atoms with Crippen LogP contribution in [0.25, 0.3) is 0 Å². The minimum Gasteiger partial charge on any atom is -0.315 e. The maximum atomic E-state index is 11.0. The van der Waals surface area contributed by atoms with Crippen molar-refractivity contribution in [3.05, 3.63) is 20.7 Å².